The molecule has 7 heteroatoms. The number of hydrogen-bond acceptors (Lipinski definition) is 3. The van der Waals surface area contributed by atoms with Crippen LogP contribution in [0.25, 0.3) is 0 Å². The quantitative estimate of drug-likeness (QED) is 0.751. The Balaban J connectivity index is 2.04. The van der Waals surface area contributed by atoms with Gasteiger partial charge in [-0.05, 0) is 43.9 Å². The predicted molar refractivity (Wildman–Crippen MR) is 95.8 cm³/mol. The van der Waals surface area contributed by atoms with Gasteiger partial charge in [-0.25, -0.2) is 12.8 Å². The third-order valence-electron chi connectivity index (χ3n) is 4.64. The van der Waals surface area contributed by atoms with Crippen molar-refractivity contribution in [1.29, 1.82) is 0 Å². The predicted octanol–water partition coefficient (Wildman–Crippen LogP) is 2.67. The average molecular weight is 370 g/mol. The lowest BCUT2D eigenvalue weighted by Crippen LogP contribution is -2.49. The normalized spacial score (nSPS) is 21.9. The second-order valence-corrected chi connectivity index (χ2v) is 8.64. The molecule has 2 unspecified atom stereocenters. The fourth-order valence-corrected chi connectivity index (χ4v) is 4.92. The largest absolute Gasteiger partial charge is 0.356 e. The molecule has 1 saturated heterocycles. The highest BCUT2D eigenvalue weighted by Gasteiger charge is 2.36. The number of benzene rings is 1. The highest BCUT2D eigenvalue weighted by Crippen LogP contribution is 2.26. The zero-order chi connectivity index (χ0) is 18.4. The summed E-state index contributed by atoms with van der Waals surface area (Å²) in [6, 6.07) is 5.35. The smallest absolute Gasteiger partial charge is 0.224 e. The van der Waals surface area contributed by atoms with Gasteiger partial charge in [0.2, 0.25) is 15.9 Å². The maximum Gasteiger partial charge on any atom is 0.224 e. The van der Waals surface area contributed by atoms with Crippen LogP contribution in [0.4, 0.5) is 4.39 Å². The van der Waals surface area contributed by atoms with Crippen molar-refractivity contribution in [2.24, 2.45) is 5.92 Å². The van der Waals surface area contributed by atoms with Gasteiger partial charge in [-0.3, -0.25) is 4.79 Å². The molecule has 1 heterocycles. The molecule has 1 N–H and O–H groups in total. The summed E-state index contributed by atoms with van der Waals surface area (Å²) in [5.74, 6) is -0.948. The monoisotopic (exact) mass is 370 g/mol. The summed E-state index contributed by atoms with van der Waals surface area (Å²) in [5.41, 5.74) is 0.545. The Labute approximate surface area is 149 Å². The molecule has 1 aromatic carbocycles. The van der Waals surface area contributed by atoms with E-state index in [0.717, 1.165) is 12.8 Å². The summed E-state index contributed by atoms with van der Waals surface area (Å²) in [7, 11) is -3.56. The van der Waals surface area contributed by atoms with Gasteiger partial charge in [-0.1, -0.05) is 25.5 Å². The Morgan fingerprint density at radius 3 is 2.60 bits per heavy atom. The molecule has 25 heavy (non-hydrogen) atoms. The molecule has 0 saturated carbocycles. The molecule has 1 amide bonds. The standard InChI is InChI=1S/C18H27FN2O3S/c1-3-4-11-20-18(22)16-8-5-14(2)21(12-16)25(23,24)13-15-6-9-17(19)10-7-15/h6-7,9-10,14,16H,3-5,8,11-13H2,1-2H3,(H,20,22). The van der Waals surface area contributed by atoms with E-state index in [1.165, 1.54) is 28.6 Å². The van der Waals surface area contributed by atoms with Gasteiger partial charge in [-0.2, -0.15) is 4.31 Å². The van der Waals surface area contributed by atoms with E-state index in [0.29, 0.717) is 24.9 Å². The Bertz CT molecular complexity index is 676. The van der Waals surface area contributed by atoms with E-state index < -0.39 is 15.8 Å². The number of carbonyl (C=O) groups is 1. The number of piperidine rings is 1. The number of sulfonamides is 1. The van der Waals surface area contributed by atoms with Crippen LogP contribution in [-0.2, 0) is 20.6 Å². The summed E-state index contributed by atoms with van der Waals surface area (Å²) in [6.45, 7) is 4.76. The highest BCUT2D eigenvalue weighted by atomic mass is 32.2. The Hall–Kier alpha value is -1.47. The number of halogens is 1. The molecule has 0 spiro atoms. The molecule has 2 rings (SSSR count). The second kappa shape index (κ2) is 8.76. The molecule has 1 fully saturated rings. The van der Waals surface area contributed by atoms with Gasteiger partial charge in [0.05, 0.1) is 11.7 Å². The van der Waals surface area contributed by atoms with E-state index in [-0.39, 0.29) is 30.2 Å². The van der Waals surface area contributed by atoms with Crippen molar-refractivity contribution in [2.45, 2.75) is 51.3 Å². The van der Waals surface area contributed by atoms with Crippen LogP contribution in [0.2, 0.25) is 0 Å². The van der Waals surface area contributed by atoms with Crippen molar-refractivity contribution in [3.8, 4) is 0 Å². The minimum Gasteiger partial charge on any atom is -0.356 e. The second-order valence-electron chi connectivity index (χ2n) is 6.72. The fourth-order valence-electron chi connectivity index (χ4n) is 3.08. The zero-order valence-electron chi connectivity index (χ0n) is 14.9. The van der Waals surface area contributed by atoms with Crippen molar-refractivity contribution in [3.63, 3.8) is 0 Å². The van der Waals surface area contributed by atoms with E-state index in [1.54, 1.807) is 0 Å². The van der Waals surface area contributed by atoms with Gasteiger partial charge in [-0.15, -0.1) is 0 Å². The summed E-state index contributed by atoms with van der Waals surface area (Å²) >= 11 is 0. The third kappa shape index (κ3) is 5.51. The van der Waals surface area contributed by atoms with Gasteiger partial charge < -0.3 is 5.32 Å². The topological polar surface area (TPSA) is 66.5 Å². The molecule has 5 nitrogen and oxygen atoms in total. The first-order chi connectivity index (χ1) is 11.8. The van der Waals surface area contributed by atoms with Crippen LogP contribution in [0, 0.1) is 11.7 Å². The molecule has 0 bridgehead atoms. The number of nitrogens with one attached hydrogen (secondary N) is 1. The van der Waals surface area contributed by atoms with E-state index in [2.05, 4.69) is 12.2 Å². The SMILES string of the molecule is CCCCNC(=O)C1CCC(C)N(S(=O)(=O)Cc2ccc(F)cc2)C1. The van der Waals surface area contributed by atoms with Crippen LogP contribution in [0.5, 0.6) is 0 Å². The molecular weight excluding hydrogens is 343 g/mol. The van der Waals surface area contributed by atoms with Crippen molar-refractivity contribution < 1.29 is 17.6 Å². The minimum absolute atomic E-state index is 0.0673. The Morgan fingerprint density at radius 1 is 1.28 bits per heavy atom. The number of rotatable bonds is 7. The first-order valence-corrected chi connectivity index (χ1v) is 10.5. The number of carbonyl (C=O) groups excluding carboxylic acids is 1. The van der Waals surface area contributed by atoms with E-state index in [9.17, 15) is 17.6 Å². The van der Waals surface area contributed by atoms with Crippen LogP contribution in [0.3, 0.4) is 0 Å². The summed E-state index contributed by atoms with van der Waals surface area (Å²) in [5, 5.41) is 2.89. The first-order valence-electron chi connectivity index (χ1n) is 8.85. The molecule has 2 atom stereocenters. The fraction of sp³-hybridized carbons (Fsp3) is 0.611. The van der Waals surface area contributed by atoms with Crippen LogP contribution < -0.4 is 5.32 Å². The number of nitrogens with zero attached hydrogens (tertiary/aromatic N) is 1. The lowest BCUT2D eigenvalue weighted by molar-refractivity contribution is -0.126. The molecule has 1 aliphatic heterocycles. The number of amides is 1. The highest BCUT2D eigenvalue weighted by molar-refractivity contribution is 7.88. The molecular formula is C18H27FN2O3S. The number of hydrogen-bond donors (Lipinski definition) is 1. The van der Waals surface area contributed by atoms with E-state index in [4.69, 9.17) is 0 Å². The van der Waals surface area contributed by atoms with Crippen molar-refractivity contribution in [1.82, 2.24) is 9.62 Å². The third-order valence-corrected chi connectivity index (χ3v) is 6.57. The molecule has 0 aromatic heterocycles. The molecule has 0 aliphatic carbocycles. The van der Waals surface area contributed by atoms with Crippen LogP contribution in [0.1, 0.15) is 45.1 Å². The zero-order valence-corrected chi connectivity index (χ0v) is 15.7. The van der Waals surface area contributed by atoms with Gasteiger partial charge in [0.15, 0.2) is 0 Å². The Morgan fingerprint density at radius 2 is 1.96 bits per heavy atom. The van der Waals surface area contributed by atoms with Crippen molar-refractivity contribution in [3.05, 3.63) is 35.6 Å². The Kier molecular flexibility index (Phi) is 6.95. The molecule has 140 valence electrons. The molecule has 0 radical (unpaired) electrons. The first kappa shape index (κ1) is 19.8. The van der Waals surface area contributed by atoms with Crippen molar-refractivity contribution in [2.75, 3.05) is 13.1 Å². The minimum atomic E-state index is -3.56. The number of unbranched alkanes of at least 4 members (excludes halogenated alkanes) is 1. The summed E-state index contributed by atoms with van der Waals surface area (Å²) < 4.78 is 40.0. The van der Waals surface area contributed by atoms with Crippen molar-refractivity contribution >= 4 is 15.9 Å². The van der Waals surface area contributed by atoms with E-state index >= 15 is 0 Å². The van der Waals surface area contributed by atoms with Crippen LogP contribution >= 0.6 is 0 Å². The maximum absolute atomic E-state index is 13.0. The molecule has 1 aromatic rings. The van der Waals surface area contributed by atoms with Crippen LogP contribution in [0.15, 0.2) is 24.3 Å². The van der Waals surface area contributed by atoms with Gasteiger partial charge >= 0.3 is 0 Å². The average Bonchev–Trinajstić information content (AvgIpc) is 2.57. The van der Waals surface area contributed by atoms with Gasteiger partial charge in [0.1, 0.15) is 5.82 Å². The summed E-state index contributed by atoms with van der Waals surface area (Å²) in [6.07, 6.45) is 3.28. The molecule has 1 aliphatic rings. The van der Waals surface area contributed by atoms with Crippen LogP contribution in [-0.4, -0.2) is 37.8 Å². The van der Waals surface area contributed by atoms with E-state index in [1.807, 2.05) is 6.92 Å². The lowest BCUT2D eigenvalue weighted by Gasteiger charge is -2.36. The maximum atomic E-state index is 13.0. The van der Waals surface area contributed by atoms with Gasteiger partial charge in [0.25, 0.3) is 0 Å². The van der Waals surface area contributed by atoms with Gasteiger partial charge in [0, 0.05) is 19.1 Å². The lowest BCUT2D eigenvalue weighted by atomic mass is 9.94. The summed E-state index contributed by atoms with van der Waals surface area (Å²) in [4.78, 5) is 12.3.